The topological polar surface area (TPSA) is 39.7 Å². The number of carbonyl (C=O) groups excluding carboxylic acids is 1. The number of piperidine rings is 1. The first-order chi connectivity index (χ1) is 12.7. The van der Waals surface area contributed by atoms with Crippen molar-refractivity contribution < 1.29 is 4.79 Å². The van der Waals surface area contributed by atoms with Crippen LogP contribution in [0.3, 0.4) is 0 Å². The number of rotatable bonds is 3. The number of halogens is 1. The number of hydrogen-bond acceptors (Lipinski definition) is 4. The van der Waals surface area contributed by atoms with E-state index in [1.54, 1.807) is 0 Å². The maximum Gasteiger partial charge on any atom is 0.236 e. The molecule has 0 saturated carbocycles. The lowest BCUT2D eigenvalue weighted by Gasteiger charge is -2.36. The van der Waals surface area contributed by atoms with Crippen LogP contribution in [-0.4, -0.2) is 66.5 Å². The molecule has 26 heavy (non-hydrogen) atoms. The van der Waals surface area contributed by atoms with Crippen molar-refractivity contribution in [1.29, 1.82) is 0 Å². The Labute approximate surface area is 163 Å². The molecule has 1 amide bonds. The van der Waals surface area contributed by atoms with Crippen LogP contribution in [0.4, 0.5) is 5.82 Å². The van der Waals surface area contributed by atoms with Gasteiger partial charge in [0.15, 0.2) is 0 Å². The van der Waals surface area contributed by atoms with E-state index >= 15 is 0 Å². The highest BCUT2D eigenvalue weighted by atomic mass is 79.9. The van der Waals surface area contributed by atoms with Gasteiger partial charge in [-0.25, -0.2) is 4.98 Å². The van der Waals surface area contributed by atoms with Crippen LogP contribution in [0.15, 0.2) is 34.8 Å². The fourth-order valence-electron chi connectivity index (χ4n) is 3.85. The molecule has 1 aromatic heterocycles. The van der Waals surface area contributed by atoms with Gasteiger partial charge in [-0.05, 0) is 53.4 Å². The van der Waals surface area contributed by atoms with E-state index in [2.05, 4.69) is 43.9 Å². The average Bonchev–Trinajstić information content (AvgIpc) is 2.69. The minimum absolute atomic E-state index is 0.297. The summed E-state index contributed by atoms with van der Waals surface area (Å²) in [5.41, 5.74) is 1.01. The predicted molar refractivity (Wildman–Crippen MR) is 109 cm³/mol. The number of pyridine rings is 1. The summed E-state index contributed by atoms with van der Waals surface area (Å²) in [6, 6.07) is 10.4. The number of piperazine rings is 1. The summed E-state index contributed by atoms with van der Waals surface area (Å²) in [4.78, 5) is 23.9. The van der Waals surface area contributed by atoms with Crippen LogP contribution in [0.5, 0.6) is 0 Å². The molecule has 0 spiro atoms. The zero-order valence-electron chi connectivity index (χ0n) is 15.0. The van der Waals surface area contributed by atoms with Gasteiger partial charge in [0.2, 0.25) is 5.91 Å². The van der Waals surface area contributed by atoms with E-state index in [-0.39, 0.29) is 0 Å². The molecule has 1 aromatic carbocycles. The lowest BCUT2D eigenvalue weighted by molar-refractivity contribution is -0.133. The van der Waals surface area contributed by atoms with E-state index in [1.807, 2.05) is 17.0 Å². The molecule has 2 fully saturated rings. The molecule has 2 aliphatic heterocycles. The van der Waals surface area contributed by atoms with Gasteiger partial charge in [-0.2, -0.15) is 0 Å². The second kappa shape index (κ2) is 7.92. The number of hydrogen-bond donors (Lipinski definition) is 0. The molecule has 0 bridgehead atoms. The van der Waals surface area contributed by atoms with Crippen molar-refractivity contribution in [2.45, 2.75) is 19.3 Å². The smallest absolute Gasteiger partial charge is 0.236 e. The van der Waals surface area contributed by atoms with Gasteiger partial charge in [0.25, 0.3) is 0 Å². The molecule has 2 aliphatic rings. The normalized spacial score (nSPS) is 19.1. The highest BCUT2D eigenvalue weighted by Gasteiger charge is 2.23. The zero-order valence-corrected chi connectivity index (χ0v) is 16.6. The molecule has 0 radical (unpaired) electrons. The lowest BCUT2D eigenvalue weighted by atomic mass is 10.1. The number of para-hydroxylation sites is 1. The minimum Gasteiger partial charge on any atom is -0.354 e. The number of benzene rings is 1. The summed E-state index contributed by atoms with van der Waals surface area (Å²) in [5.74, 6) is 1.32. The summed E-state index contributed by atoms with van der Waals surface area (Å²) in [7, 11) is 0. The highest BCUT2D eigenvalue weighted by Crippen LogP contribution is 2.25. The molecule has 3 heterocycles. The fourth-order valence-corrected chi connectivity index (χ4v) is 4.32. The van der Waals surface area contributed by atoms with Crippen molar-refractivity contribution in [1.82, 2.24) is 14.8 Å². The number of amides is 1. The van der Waals surface area contributed by atoms with Crippen LogP contribution in [-0.2, 0) is 4.79 Å². The second-order valence-electron chi connectivity index (χ2n) is 7.19. The molecule has 138 valence electrons. The molecular formula is C20H25BrN4O. The Hall–Kier alpha value is -1.66. The molecule has 2 saturated heterocycles. The predicted octanol–water partition coefficient (Wildman–Crippen LogP) is 3.13. The quantitative estimate of drug-likeness (QED) is 0.770. The Morgan fingerprint density at radius 2 is 1.73 bits per heavy atom. The maximum atomic E-state index is 12.5. The summed E-state index contributed by atoms with van der Waals surface area (Å²) >= 11 is 3.60. The van der Waals surface area contributed by atoms with Gasteiger partial charge in [-0.15, -0.1) is 0 Å². The van der Waals surface area contributed by atoms with Crippen molar-refractivity contribution in [2.75, 3.05) is 50.7 Å². The third-order valence-electron chi connectivity index (χ3n) is 5.42. The standard InChI is InChI=1S/C20H25BrN4O/c21-17-6-4-5-16-7-8-18(22-20(16)17)24-13-11-23(12-14-24)15-19(26)25-9-2-1-3-10-25/h4-8H,1-3,9-15H2. The minimum atomic E-state index is 0.297. The molecule has 0 N–H and O–H groups in total. The van der Waals surface area contributed by atoms with Gasteiger partial charge >= 0.3 is 0 Å². The largest absolute Gasteiger partial charge is 0.354 e. The van der Waals surface area contributed by atoms with Crippen molar-refractivity contribution in [3.8, 4) is 0 Å². The monoisotopic (exact) mass is 416 g/mol. The molecule has 0 unspecified atom stereocenters. The first-order valence-electron chi connectivity index (χ1n) is 9.51. The van der Waals surface area contributed by atoms with Gasteiger partial charge in [-0.3, -0.25) is 9.69 Å². The average molecular weight is 417 g/mol. The van der Waals surface area contributed by atoms with Crippen molar-refractivity contribution in [2.24, 2.45) is 0 Å². The summed E-state index contributed by atoms with van der Waals surface area (Å²) in [6.45, 7) is 6.09. The Morgan fingerprint density at radius 1 is 0.962 bits per heavy atom. The Morgan fingerprint density at radius 3 is 2.50 bits per heavy atom. The first-order valence-corrected chi connectivity index (χ1v) is 10.3. The third-order valence-corrected chi connectivity index (χ3v) is 6.06. The first kappa shape index (κ1) is 17.7. The summed E-state index contributed by atoms with van der Waals surface area (Å²) < 4.78 is 1.03. The molecule has 0 atom stereocenters. The molecular weight excluding hydrogens is 392 g/mol. The van der Waals surface area contributed by atoms with Crippen molar-refractivity contribution in [3.63, 3.8) is 0 Å². The van der Waals surface area contributed by atoms with E-state index < -0.39 is 0 Å². The SMILES string of the molecule is O=C(CN1CCN(c2ccc3cccc(Br)c3n2)CC1)N1CCCCC1. The van der Waals surface area contributed by atoms with Gasteiger partial charge < -0.3 is 9.80 Å². The van der Waals surface area contributed by atoms with E-state index in [1.165, 1.54) is 6.42 Å². The van der Waals surface area contributed by atoms with Crippen LogP contribution >= 0.6 is 15.9 Å². The number of fused-ring (bicyclic) bond motifs is 1. The third kappa shape index (κ3) is 3.86. The zero-order chi connectivity index (χ0) is 17.9. The van der Waals surface area contributed by atoms with Gasteiger partial charge in [0.1, 0.15) is 5.82 Å². The van der Waals surface area contributed by atoms with Gasteiger partial charge in [-0.1, -0.05) is 12.1 Å². The van der Waals surface area contributed by atoms with E-state index in [4.69, 9.17) is 4.98 Å². The molecule has 6 heteroatoms. The van der Waals surface area contributed by atoms with Crippen LogP contribution in [0, 0.1) is 0 Å². The maximum absolute atomic E-state index is 12.5. The number of anilines is 1. The second-order valence-corrected chi connectivity index (χ2v) is 8.04. The number of likely N-dealkylation sites (tertiary alicyclic amines) is 1. The van der Waals surface area contributed by atoms with E-state index in [9.17, 15) is 4.79 Å². The molecule has 0 aliphatic carbocycles. The van der Waals surface area contributed by atoms with Crippen LogP contribution in [0.2, 0.25) is 0 Å². The van der Waals surface area contributed by atoms with Gasteiger partial charge in [0, 0.05) is 49.1 Å². The Bertz CT molecular complexity index is 782. The van der Waals surface area contributed by atoms with Crippen LogP contribution < -0.4 is 4.90 Å². The van der Waals surface area contributed by atoms with Crippen LogP contribution in [0.25, 0.3) is 10.9 Å². The van der Waals surface area contributed by atoms with E-state index in [0.717, 1.165) is 73.3 Å². The number of aromatic nitrogens is 1. The fraction of sp³-hybridized carbons (Fsp3) is 0.500. The Kier molecular flexibility index (Phi) is 5.41. The molecule has 4 rings (SSSR count). The Balaban J connectivity index is 1.36. The van der Waals surface area contributed by atoms with Crippen LogP contribution in [0.1, 0.15) is 19.3 Å². The highest BCUT2D eigenvalue weighted by molar-refractivity contribution is 9.10. The summed E-state index contributed by atoms with van der Waals surface area (Å²) in [6.07, 6.45) is 3.57. The number of carbonyl (C=O) groups is 1. The van der Waals surface area contributed by atoms with E-state index in [0.29, 0.717) is 12.5 Å². The van der Waals surface area contributed by atoms with Crippen molar-refractivity contribution in [3.05, 3.63) is 34.8 Å². The molecule has 2 aromatic rings. The molecule has 5 nitrogen and oxygen atoms in total. The van der Waals surface area contributed by atoms with Crippen molar-refractivity contribution >= 4 is 38.6 Å². The lowest BCUT2D eigenvalue weighted by Crippen LogP contribution is -2.50. The van der Waals surface area contributed by atoms with Gasteiger partial charge in [0.05, 0.1) is 12.1 Å². The number of nitrogens with zero attached hydrogens (tertiary/aromatic N) is 4. The summed E-state index contributed by atoms with van der Waals surface area (Å²) in [5, 5.41) is 1.15.